The molecule has 0 saturated heterocycles. The number of carbonyl (C=O) groups is 2. The maximum absolute atomic E-state index is 10.4. The minimum atomic E-state index is -1.33. The number of carboxylic acids is 1. The molecule has 0 heterocycles. The molecule has 0 aliphatic rings. The second-order valence-electron chi connectivity index (χ2n) is 3.29. The van der Waals surface area contributed by atoms with E-state index in [2.05, 4.69) is 0 Å². The summed E-state index contributed by atoms with van der Waals surface area (Å²) in [6.07, 6.45) is 0.273. The van der Waals surface area contributed by atoms with Crippen molar-refractivity contribution in [1.82, 2.24) is 0 Å². The van der Waals surface area contributed by atoms with Crippen LogP contribution in [0.25, 0.3) is 0 Å². The van der Waals surface area contributed by atoms with E-state index in [1.54, 1.807) is 12.1 Å². The number of phenols is 1. The van der Waals surface area contributed by atoms with Gasteiger partial charge in [-0.2, -0.15) is 4.39 Å². The summed E-state index contributed by atoms with van der Waals surface area (Å²) in [7, 11) is 0. The molecule has 1 rings (SSSR count). The number of rotatable bonds is 3. The van der Waals surface area contributed by atoms with E-state index in [-0.39, 0.29) is 12.2 Å². The largest absolute Gasteiger partial charge is 0.508 e. The van der Waals surface area contributed by atoms with Crippen LogP contribution in [0.4, 0.5) is 4.39 Å². The smallest absolute Gasteiger partial charge is 0.320 e. The number of nitrogens with two attached hydrogens (primary N) is 1. The van der Waals surface area contributed by atoms with Crippen LogP contribution in [0.15, 0.2) is 24.3 Å². The van der Waals surface area contributed by atoms with E-state index in [1.165, 1.54) is 12.1 Å². The topological polar surface area (TPSA) is 101 Å². The van der Waals surface area contributed by atoms with Crippen molar-refractivity contribution >= 4 is 12.0 Å². The van der Waals surface area contributed by atoms with Gasteiger partial charge in [-0.3, -0.25) is 9.59 Å². The first-order valence-corrected chi connectivity index (χ1v) is 4.75. The summed E-state index contributed by atoms with van der Waals surface area (Å²) < 4.78 is 10.4. The molecule has 1 atom stereocenters. The van der Waals surface area contributed by atoms with E-state index >= 15 is 0 Å². The Balaban J connectivity index is 0.000000557. The van der Waals surface area contributed by atoms with Gasteiger partial charge in [0.2, 0.25) is 0 Å². The first-order chi connectivity index (χ1) is 7.82. The number of carbonyl (C=O) groups excluding carboxylic acids is 1. The highest BCUT2D eigenvalue weighted by Gasteiger charge is 2.11. The predicted octanol–water partition coefficient (Wildman–Crippen LogP) is 0.849. The van der Waals surface area contributed by atoms with Gasteiger partial charge >= 0.3 is 5.97 Å². The van der Waals surface area contributed by atoms with Gasteiger partial charge in [0, 0.05) is 6.92 Å². The van der Waals surface area contributed by atoms with E-state index in [9.17, 15) is 9.18 Å². The van der Waals surface area contributed by atoms with Crippen LogP contribution in [-0.2, 0) is 16.0 Å². The second-order valence-corrected chi connectivity index (χ2v) is 3.29. The standard InChI is InChI=1S/C9H11NO3.C2H3FO/c10-8(9(12)13)5-6-1-3-7(11)4-2-6;1-2(3)4/h1-4,8,11H,5,10H2,(H,12,13);1H3/t8-;/m0./s1. The average Bonchev–Trinajstić information content (AvgIpc) is 2.20. The Hall–Kier alpha value is -1.95. The summed E-state index contributed by atoms with van der Waals surface area (Å²) in [4.78, 5) is 19.2. The highest BCUT2D eigenvalue weighted by atomic mass is 19.1. The lowest BCUT2D eigenvalue weighted by Gasteiger charge is -2.05. The lowest BCUT2D eigenvalue weighted by atomic mass is 10.1. The quantitative estimate of drug-likeness (QED) is 0.683. The molecular weight excluding hydrogens is 229 g/mol. The fourth-order valence-electron chi connectivity index (χ4n) is 0.973. The zero-order chi connectivity index (χ0) is 13.4. The Labute approximate surface area is 97.7 Å². The zero-order valence-electron chi connectivity index (χ0n) is 9.26. The third kappa shape index (κ3) is 7.92. The maximum Gasteiger partial charge on any atom is 0.320 e. The van der Waals surface area contributed by atoms with E-state index in [4.69, 9.17) is 20.7 Å². The number of carboxylic acid groups (broad SMARTS) is 1. The fourth-order valence-corrected chi connectivity index (χ4v) is 0.973. The molecule has 0 unspecified atom stereocenters. The van der Waals surface area contributed by atoms with Crippen molar-refractivity contribution in [2.75, 3.05) is 0 Å². The molecule has 0 saturated carbocycles. The number of hydrogen-bond donors (Lipinski definition) is 3. The number of hydrogen-bond acceptors (Lipinski definition) is 4. The molecule has 6 heteroatoms. The van der Waals surface area contributed by atoms with E-state index in [0.29, 0.717) is 0 Å². The van der Waals surface area contributed by atoms with Gasteiger partial charge in [0.25, 0.3) is 6.04 Å². The molecule has 1 aromatic rings. The Kier molecular flexibility index (Phi) is 6.50. The lowest BCUT2D eigenvalue weighted by molar-refractivity contribution is -0.138. The summed E-state index contributed by atoms with van der Waals surface area (Å²) in [6, 6.07) is 4.09. The third-order valence-electron chi connectivity index (χ3n) is 1.71. The normalized spacial score (nSPS) is 11.0. The first-order valence-electron chi connectivity index (χ1n) is 4.75. The number of aliphatic carboxylic acids is 1. The molecule has 1 aromatic carbocycles. The van der Waals surface area contributed by atoms with Crippen LogP contribution in [0, 0.1) is 0 Å². The molecule has 0 fully saturated rings. The first kappa shape index (κ1) is 15.0. The van der Waals surface area contributed by atoms with Gasteiger partial charge in [0.1, 0.15) is 11.8 Å². The van der Waals surface area contributed by atoms with Crippen LogP contribution in [-0.4, -0.2) is 28.3 Å². The Bertz CT molecular complexity index is 374. The summed E-state index contributed by atoms with van der Waals surface area (Å²) in [5, 5.41) is 17.5. The van der Waals surface area contributed by atoms with Gasteiger partial charge in [0.05, 0.1) is 0 Å². The monoisotopic (exact) mass is 243 g/mol. The van der Waals surface area contributed by atoms with Gasteiger partial charge in [-0.15, -0.1) is 0 Å². The molecule has 5 nitrogen and oxygen atoms in total. The average molecular weight is 243 g/mol. The van der Waals surface area contributed by atoms with Crippen molar-refractivity contribution < 1.29 is 24.2 Å². The molecule has 0 amide bonds. The van der Waals surface area contributed by atoms with Crippen molar-refractivity contribution in [3.63, 3.8) is 0 Å². The number of phenolic OH excluding ortho intramolecular Hbond substituents is 1. The number of benzene rings is 1. The Morgan fingerprint density at radius 2 is 1.76 bits per heavy atom. The van der Waals surface area contributed by atoms with Crippen LogP contribution in [0.5, 0.6) is 5.75 Å². The van der Waals surface area contributed by atoms with Crippen molar-refractivity contribution in [3.05, 3.63) is 29.8 Å². The van der Waals surface area contributed by atoms with Gasteiger partial charge in [-0.25, -0.2) is 0 Å². The molecule has 0 spiro atoms. The molecule has 0 bridgehead atoms. The van der Waals surface area contributed by atoms with Crippen LogP contribution in [0.1, 0.15) is 12.5 Å². The molecule has 94 valence electrons. The molecule has 4 N–H and O–H groups in total. The van der Waals surface area contributed by atoms with Crippen LogP contribution in [0.3, 0.4) is 0 Å². The van der Waals surface area contributed by atoms with E-state index in [1.807, 2.05) is 0 Å². The van der Waals surface area contributed by atoms with E-state index in [0.717, 1.165) is 12.5 Å². The van der Waals surface area contributed by atoms with Gasteiger partial charge in [0.15, 0.2) is 0 Å². The Morgan fingerprint density at radius 3 is 2.12 bits per heavy atom. The van der Waals surface area contributed by atoms with Crippen LogP contribution >= 0.6 is 0 Å². The Morgan fingerprint density at radius 1 is 1.35 bits per heavy atom. The predicted molar refractivity (Wildman–Crippen MR) is 59.2 cm³/mol. The molecule has 0 aromatic heterocycles. The lowest BCUT2D eigenvalue weighted by Crippen LogP contribution is -2.32. The summed E-state index contributed by atoms with van der Waals surface area (Å²) in [6.45, 7) is 0.861. The third-order valence-corrected chi connectivity index (χ3v) is 1.71. The van der Waals surface area contributed by atoms with Gasteiger partial charge in [-0.1, -0.05) is 12.1 Å². The van der Waals surface area contributed by atoms with Gasteiger partial charge < -0.3 is 15.9 Å². The summed E-state index contributed by atoms with van der Waals surface area (Å²) in [5.41, 5.74) is 6.12. The van der Waals surface area contributed by atoms with Crippen LogP contribution < -0.4 is 5.73 Å². The highest BCUT2D eigenvalue weighted by molar-refractivity contribution is 5.73. The summed E-state index contributed by atoms with van der Waals surface area (Å²) >= 11 is 0. The molecule has 17 heavy (non-hydrogen) atoms. The second kappa shape index (κ2) is 7.34. The fraction of sp³-hybridized carbons (Fsp3) is 0.273. The molecule has 0 aliphatic carbocycles. The van der Waals surface area contributed by atoms with Crippen molar-refractivity contribution in [2.45, 2.75) is 19.4 Å². The minimum absolute atomic E-state index is 0.160. The minimum Gasteiger partial charge on any atom is -0.508 e. The highest BCUT2D eigenvalue weighted by Crippen LogP contribution is 2.10. The van der Waals surface area contributed by atoms with Crippen molar-refractivity contribution in [1.29, 1.82) is 0 Å². The van der Waals surface area contributed by atoms with Crippen molar-refractivity contribution in [3.8, 4) is 5.75 Å². The maximum atomic E-state index is 10.4. The SMILES string of the molecule is CC(=O)F.N[C@@H](Cc1ccc(O)cc1)C(=O)O. The molecule has 0 radical (unpaired) electrons. The van der Waals surface area contributed by atoms with Crippen molar-refractivity contribution in [2.24, 2.45) is 5.73 Å². The summed E-state index contributed by atoms with van der Waals surface area (Å²) in [5.74, 6) is -0.860. The number of aromatic hydroxyl groups is 1. The zero-order valence-corrected chi connectivity index (χ0v) is 9.26. The van der Waals surface area contributed by atoms with Gasteiger partial charge in [-0.05, 0) is 24.1 Å². The number of halogens is 1. The van der Waals surface area contributed by atoms with E-state index < -0.39 is 18.0 Å². The molecular formula is C11H14FNO4. The van der Waals surface area contributed by atoms with Crippen LogP contribution in [0.2, 0.25) is 0 Å². The molecule has 0 aliphatic heterocycles.